The van der Waals surface area contributed by atoms with Gasteiger partial charge in [-0.05, 0) is 50.2 Å². The maximum atomic E-state index is 5.05. The fraction of sp³-hybridized carbons (Fsp3) is 0.778. The minimum Gasteiger partial charge on any atom is -0.257 e. The van der Waals surface area contributed by atoms with Gasteiger partial charge in [0.1, 0.15) is 0 Å². The molecule has 1 nitrogen and oxygen atoms in total. The first-order valence-electron chi connectivity index (χ1n) is 8.44. The molecule has 0 unspecified atom stereocenters. The molecule has 0 saturated heterocycles. The van der Waals surface area contributed by atoms with E-state index in [0.29, 0.717) is 5.41 Å². The molecule has 1 heteroatoms. The van der Waals surface area contributed by atoms with Crippen LogP contribution in [-0.4, -0.2) is 0 Å². The highest BCUT2D eigenvalue weighted by molar-refractivity contribution is 5.40. The molecule has 1 aliphatic heterocycles. The molecule has 105 valence electrons. The van der Waals surface area contributed by atoms with Crippen LogP contribution in [0.1, 0.15) is 84.0 Å². The fourth-order valence-corrected chi connectivity index (χ4v) is 3.97. The van der Waals surface area contributed by atoms with E-state index in [1.165, 1.54) is 88.4 Å². The highest BCUT2D eigenvalue weighted by atomic mass is 14.9. The van der Waals surface area contributed by atoms with Gasteiger partial charge in [-0.1, -0.05) is 45.4 Å². The molecule has 0 aromatic heterocycles. The lowest BCUT2D eigenvalue weighted by atomic mass is 9.77. The molecule has 1 saturated carbocycles. The van der Waals surface area contributed by atoms with Gasteiger partial charge in [0.15, 0.2) is 0 Å². The van der Waals surface area contributed by atoms with E-state index in [1.54, 1.807) is 5.57 Å². The van der Waals surface area contributed by atoms with Crippen molar-refractivity contribution >= 4 is 0 Å². The zero-order valence-electron chi connectivity index (χ0n) is 12.5. The van der Waals surface area contributed by atoms with Gasteiger partial charge in [-0.15, -0.1) is 0 Å². The third-order valence-corrected chi connectivity index (χ3v) is 5.37. The molecule has 1 radical (unpaired) electrons. The molecule has 0 aromatic rings. The normalized spacial score (nSPS) is 27.7. The maximum Gasteiger partial charge on any atom is 0.0469 e. The molecule has 3 aliphatic rings. The minimum atomic E-state index is 0.363. The number of allylic oxidation sites excluding steroid dienone is 4. The predicted octanol–water partition coefficient (Wildman–Crippen LogP) is 5.46. The Balaban J connectivity index is 1.72. The van der Waals surface area contributed by atoms with E-state index in [2.05, 4.69) is 13.0 Å². The van der Waals surface area contributed by atoms with E-state index >= 15 is 0 Å². The molecule has 19 heavy (non-hydrogen) atoms. The monoisotopic (exact) mass is 258 g/mol. The lowest BCUT2D eigenvalue weighted by Gasteiger charge is -2.30. The quantitative estimate of drug-likeness (QED) is 0.593. The summed E-state index contributed by atoms with van der Waals surface area (Å²) in [4.78, 5) is 0. The van der Waals surface area contributed by atoms with Crippen LogP contribution in [0.2, 0.25) is 0 Å². The SMILES string of the molecule is CC1(C2=CC3=C(CCCC3)[N]2)CCCCCCCC1. The topological polar surface area (TPSA) is 14.1 Å². The molecule has 0 atom stereocenters. The van der Waals surface area contributed by atoms with Gasteiger partial charge in [-0.2, -0.15) is 0 Å². The third-order valence-electron chi connectivity index (χ3n) is 5.37. The fourth-order valence-electron chi connectivity index (χ4n) is 3.97. The molecule has 1 fully saturated rings. The van der Waals surface area contributed by atoms with Gasteiger partial charge in [0.05, 0.1) is 0 Å². The molecule has 1 heterocycles. The van der Waals surface area contributed by atoms with Crippen LogP contribution < -0.4 is 5.32 Å². The summed E-state index contributed by atoms with van der Waals surface area (Å²) in [7, 11) is 0. The van der Waals surface area contributed by atoms with Crippen molar-refractivity contribution in [1.29, 1.82) is 0 Å². The van der Waals surface area contributed by atoms with E-state index < -0.39 is 0 Å². The zero-order valence-corrected chi connectivity index (χ0v) is 12.5. The highest BCUT2D eigenvalue weighted by Gasteiger charge is 2.34. The first-order valence-corrected chi connectivity index (χ1v) is 8.44. The van der Waals surface area contributed by atoms with E-state index in [4.69, 9.17) is 5.32 Å². The molecule has 0 bridgehead atoms. The first-order chi connectivity index (χ1) is 9.28. The van der Waals surface area contributed by atoms with Crippen LogP contribution in [0.5, 0.6) is 0 Å². The number of rotatable bonds is 1. The van der Waals surface area contributed by atoms with Gasteiger partial charge in [-0.3, -0.25) is 5.32 Å². The number of hydrogen-bond acceptors (Lipinski definition) is 0. The van der Waals surface area contributed by atoms with Crippen molar-refractivity contribution in [2.75, 3.05) is 0 Å². The van der Waals surface area contributed by atoms with Crippen LogP contribution in [-0.2, 0) is 0 Å². The van der Waals surface area contributed by atoms with E-state index in [9.17, 15) is 0 Å². The van der Waals surface area contributed by atoms with Gasteiger partial charge < -0.3 is 0 Å². The molecule has 0 aromatic carbocycles. The van der Waals surface area contributed by atoms with E-state index in [1.807, 2.05) is 0 Å². The second kappa shape index (κ2) is 5.73. The molecule has 2 aliphatic carbocycles. The first kappa shape index (κ1) is 13.3. The molecule has 3 rings (SSSR count). The van der Waals surface area contributed by atoms with Crippen molar-refractivity contribution in [2.24, 2.45) is 5.41 Å². The summed E-state index contributed by atoms with van der Waals surface area (Å²) in [6.07, 6.45) is 18.9. The summed E-state index contributed by atoms with van der Waals surface area (Å²) in [5.41, 5.74) is 4.80. The van der Waals surface area contributed by atoms with Crippen molar-refractivity contribution in [2.45, 2.75) is 84.0 Å². The summed E-state index contributed by atoms with van der Waals surface area (Å²) in [6.45, 7) is 2.48. The summed E-state index contributed by atoms with van der Waals surface area (Å²) in [6, 6.07) is 0. The van der Waals surface area contributed by atoms with Crippen molar-refractivity contribution in [3.8, 4) is 0 Å². The zero-order chi connectivity index (χ0) is 13.1. The van der Waals surface area contributed by atoms with Crippen LogP contribution in [0.15, 0.2) is 23.0 Å². The smallest absolute Gasteiger partial charge is 0.0469 e. The Bertz CT molecular complexity index is 378. The Morgan fingerprint density at radius 3 is 2.16 bits per heavy atom. The minimum absolute atomic E-state index is 0.363. The maximum absolute atomic E-state index is 5.05. The number of nitrogens with zero attached hydrogens (tertiary/aromatic N) is 1. The Morgan fingerprint density at radius 2 is 1.47 bits per heavy atom. The Labute approximate surface area is 118 Å². The van der Waals surface area contributed by atoms with Crippen molar-refractivity contribution in [3.05, 3.63) is 23.0 Å². The summed E-state index contributed by atoms with van der Waals surface area (Å²) >= 11 is 0. The Hall–Kier alpha value is -0.720. The predicted molar refractivity (Wildman–Crippen MR) is 80.8 cm³/mol. The van der Waals surface area contributed by atoms with Crippen LogP contribution in [0.4, 0.5) is 0 Å². The third kappa shape index (κ3) is 2.90. The number of hydrogen-bond donors (Lipinski definition) is 0. The standard InChI is InChI=1S/C18H28N/c1-18(12-8-4-2-3-5-9-13-18)17-14-15-10-6-7-11-16(15)19-17/h14H,2-13H2,1H3. The van der Waals surface area contributed by atoms with Gasteiger partial charge in [0.25, 0.3) is 0 Å². The van der Waals surface area contributed by atoms with Gasteiger partial charge in [-0.25, -0.2) is 0 Å². The second-order valence-corrected chi connectivity index (χ2v) is 7.00. The van der Waals surface area contributed by atoms with E-state index in [0.717, 1.165) is 0 Å². The molecular weight excluding hydrogens is 230 g/mol. The second-order valence-electron chi connectivity index (χ2n) is 7.00. The molecule has 0 amide bonds. The average molecular weight is 258 g/mol. The van der Waals surface area contributed by atoms with Gasteiger partial charge >= 0.3 is 0 Å². The van der Waals surface area contributed by atoms with Crippen LogP contribution >= 0.6 is 0 Å². The Morgan fingerprint density at radius 1 is 0.842 bits per heavy atom. The van der Waals surface area contributed by atoms with Gasteiger partial charge in [0, 0.05) is 16.8 Å². The van der Waals surface area contributed by atoms with Crippen molar-refractivity contribution in [1.82, 2.24) is 5.32 Å². The lowest BCUT2D eigenvalue weighted by molar-refractivity contribution is 0.305. The molecule has 0 spiro atoms. The van der Waals surface area contributed by atoms with Crippen LogP contribution in [0.3, 0.4) is 0 Å². The molecular formula is C18H28N. The van der Waals surface area contributed by atoms with Gasteiger partial charge in [0.2, 0.25) is 0 Å². The summed E-state index contributed by atoms with van der Waals surface area (Å²) in [5, 5.41) is 5.05. The van der Waals surface area contributed by atoms with Crippen molar-refractivity contribution < 1.29 is 0 Å². The largest absolute Gasteiger partial charge is 0.257 e. The molecule has 0 N–H and O–H groups in total. The lowest BCUT2D eigenvalue weighted by Crippen LogP contribution is -2.23. The van der Waals surface area contributed by atoms with Crippen molar-refractivity contribution in [3.63, 3.8) is 0 Å². The average Bonchev–Trinajstić information content (AvgIpc) is 2.88. The Kier molecular flexibility index (Phi) is 4.00. The highest BCUT2D eigenvalue weighted by Crippen LogP contribution is 2.44. The van der Waals surface area contributed by atoms with E-state index in [-0.39, 0.29) is 0 Å². The van der Waals surface area contributed by atoms with Crippen LogP contribution in [0.25, 0.3) is 0 Å². The summed E-state index contributed by atoms with van der Waals surface area (Å²) < 4.78 is 0. The van der Waals surface area contributed by atoms with Crippen LogP contribution in [0, 0.1) is 5.41 Å². The summed E-state index contributed by atoms with van der Waals surface area (Å²) in [5.74, 6) is 0.